The van der Waals surface area contributed by atoms with E-state index < -0.39 is 16.0 Å². The predicted octanol–water partition coefficient (Wildman–Crippen LogP) is 0.255. The Hall–Kier alpha value is -0.660. The quantitative estimate of drug-likeness (QED) is 0.697. The molecule has 0 aromatic heterocycles. The van der Waals surface area contributed by atoms with E-state index in [2.05, 4.69) is 9.62 Å². The molecule has 0 bridgehead atoms. The van der Waals surface area contributed by atoms with E-state index in [9.17, 15) is 13.2 Å². The van der Waals surface area contributed by atoms with Gasteiger partial charge in [0, 0.05) is 19.0 Å². The van der Waals surface area contributed by atoms with E-state index in [0.29, 0.717) is 6.54 Å². The van der Waals surface area contributed by atoms with Crippen LogP contribution in [0.3, 0.4) is 0 Å². The molecule has 106 valence electrons. The van der Waals surface area contributed by atoms with Crippen LogP contribution >= 0.6 is 0 Å². The summed E-state index contributed by atoms with van der Waals surface area (Å²) in [6, 6.07) is 0.257. The third kappa shape index (κ3) is 5.79. The molecule has 1 aliphatic rings. The molecule has 7 heteroatoms. The lowest BCUT2D eigenvalue weighted by Crippen LogP contribution is -2.44. The van der Waals surface area contributed by atoms with Crippen molar-refractivity contribution >= 4 is 16.0 Å². The molecule has 1 aliphatic heterocycles. The monoisotopic (exact) mass is 278 g/mol. The van der Waals surface area contributed by atoms with Crippen LogP contribution in [0, 0.1) is 0 Å². The molecule has 0 aromatic rings. The highest BCUT2D eigenvalue weighted by Gasteiger charge is 2.21. The Balaban J connectivity index is 2.29. The van der Waals surface area contributed by atoms with Crippen LogP contribution in [0.2, 0.25) is 0 Å². The SMILES string of the molecule is CN1CCCCC1CNS(=O)(=O)CCCC(=O)O. The summed E-state index contributed by atoms with van der Waals surface area (Å²) in [5.41, 5.74) is 0. The first-order valence-corrected chi connectivity index (χ1v) is 7.95. The molecule has 0 aromatic carbocycles. The summed E-state index contributed by atoms with van der Waals surface area (Å²) in [7, 11) is -1.34. The Morgan fingerprint density at radius 3 is 2.78 bits per heavy atom. The van der Waals surface area contributed by atoms with Crippen molar-refractivity contribution in [3.8, 4) is 0 Å². The average molecular weight is 278 g/mol. The molecule has 2 N–H and O–H groups in total. The molecule has 1 rings (SSSR count). The minimum absolute atomic E-state index is 0.107. The lowest BCUT2D eigenvalue weighted by Gasteiger charge is -2.32. The van der Waals surface area contributed by atoms with Gasteiger partial charge in [0.05, 0.1) is 5.75 Å². The van der Waals surface area contributed by atoms with Crippen molar-refractivity contribution in [2.75, 3.05) is 25.9 Å². The molecule has 0 radical (unpaired) electrons. The molecule has 1 heterocycles. The van der Waals surface area contributed by atoms with Gasteiger partial charge in [0.1, 0.15) is 0 Å². The van der Waals surface area contributed by atoms with Crippen molar-refractivity contribution < 1.29 is 18.3 Å². The van der Waals surface area contributed by atoms with Gasteiger partial charge in [-0.05, 0) is 32.9 Å². The fourth-order valence-corrected chi connectivity index (χ4v) is 3.23. The van der Waals surface area contributed by atoms with E-state index in [1.807, 2.05) is 7.05 Å². The van der Waals surface area contributed by atoms with E-state index in [4.69, 9.17) is 5.11 Å². The van der Waals surface area contributed by atoms with E-state index in [0.717, 1.165) is 19.4 Å². The maximum Gasteiger partial charge on any atom is 0.303 e. The summed E-state index contributed by atoms with van der Waals surface area (Å²) in [4.78, 5) is 12.5. The van der Waals surface area contributed by atoms with Gasteiger partial charge in [-0.3, -0.25) is 4.79 Å². The highest BCUT2D eigenvalue weighted by Crippen LogP contribution is 2.14. The Labute approximate surface area is 108 Å². The van der Waals surface area contributed by atoms with Gasteiger partial charge in [-0.25, -0.2) is 13.1 Å². The fraction of sp³-hybridized carbons (Fsp3) is 0.909. The molecular weight excluding hydrogens is 256 g/mol. The Kier molecular flexibility index (Phi) is 6.04. The van der Waals surface area contributed by atoms with Gasteiger partial charge >= 0.3 is 5.97 Å². The molecule has 1 atom stereocenters. The highest BCUT2D eigenvalue weighted by molar-refractivity contribution is 7.89. The summed E-state index contributed by atoms with van der Waals surface area (Å²) >= 11 is 0. The Morgan fingerprint density at radius 1 is 1.44 bits per heavy atom. The largest absolute Gasteiger partial charge is 0.481 e. The molecule has 0 aliphatic carbocycles. The number of likely N-dealkylation sites (tertiary alicyclic amines) is 1. The average Bonchev–Trinajstić information content (AvgIpc) is 2.27. The maximum atomic E-state index is 11.6. The van der Waals surface area contributed by atoms with Gasteiger partial charge in [-0.2, -0.15) is 0 Å². The van der Waals surface area contributed by atoms with Gasteiger partial charge in [0.15, 0.2) is 0 Å². The number of nitrogens with zero attached hydrogens (tertiary/aromatic N) is 1. The molecule has 6 nitrogen and oxygen atoms in total. The third-order valence-electron chi connectivity index (χ3n) is 3.26. The van der Waals surface area contributed by atoms with Gasteiger partial charge in [-0.15, -0.1) is 0 Å². The second kappa shape index (κ2) is 7.06. The van der Waals surface area contributed by atoms with Crippen molar-refractivity contribution in [2.24, 2.45) is 0 Å². The summed E-state index contributed by atoms with van der Waals surface area (Å²) in [6.07, 6.45) is 3.36. The topological polar surface area (TPSA) is 86.7 Å². The van der Waals surface area contributed by atoms with Gasteiger partial charge < -0.3 is 10.0 Å². The second-order valence-corrected chi connectivity index (χ2v) is 6.72. The zero-order valence-corrected chi connectivity index (χ0v) is 11.6. The zero-order valence-electron chi connectivity index (χ0n) is 10.8. The zero-order chi connectivity index (χ0) is 13.6. The lowest BCUT2D eigenvalue weighted by atomic mass is 10.0. The highest BCUT2D eigenvalue weighted by atomic mass is 32.2. The molecule has 0 saturated carbocycles. The van der Waals surface area contributed by atoms with Crippen LogP contribution in [0.1, 0.15) is 32.1 Å². The van der Waals surface area contributed by atoms with Crippen LogP contribution in [0.15, 0.2) is 0 Å². The molecule has 18 heavy (non-hydrogen) atoms. The number of piperidine rings is 1. The number of sulfonamides is 1. The number of carbonyl (C=O) groups is 1. The number of likely N-dealkylation sites (N-methyl/N-ethyl adjacent to an activating group) is 1. The molecule has 1 saturated heterocycles. The standard InChI is InChI=1S/C11H22N2O4S/c1-13-7-3-2-5-10(13)9-12-18(16,17)8-4-6-11(14)15/h10,12H,2-9H2,1H3,(H,14,15). The van der Waals surface area contributed by atoms with Crippen molar-refractivity contribution in [3.05, 3.63) is 0 Å². The first kappa shape index (κ1) is 15.4. The number of nitrogens with one attached hydrogen (secondary N) is 1. The molecule has 0 spiro atoms. The molecule has 0 amide bonds. The van der Waals surface area contributed by atoms with Crippen molar-refractivity contribution in [1.29, 1.82) is 0 Å². The Morgan fingerprint density at radius 2 is 2.17 bits per heavy atom. The number of rotatable bonds is 7. The fourth-order valence-electron chi connectivity index (χ4n) is 2.11. The molecule has 1 fully saturated rings. The van der Waals surface area contributed by atoms with Gasteiger partial charge in [0.2, 0.25) is 10.0 Å². The lowest BCUT2D eigenvalue weighted by molar-refractivity contribution is -0.137. The van der Waals surface area contributed by atoms with E-state index in [1.54, 1.807) is 0 Å². The first-order valence-electron chi connectivity index (χ1n) is 6.30. The van der Waals surface area contributed by atoms with Crippen LogP contribution < -0.4 is 4.72 Å². The van der Waals surface area contributed by atoms with Gasteiger partial charge in [0.25, 0.3) is 0 Å². The van der Waals surface area contributed by atoms with Crippen LogP contribution in [0.5, 0.6) is 0 Å². The summed E-state index contributed by atoms with van der Waals surface area (Å²) < 4.78 is 25.8. The minimum Gasteiger partial charge on any atom is -0.481 e. The number of hydrogen-bond donors (Lipinski definition) is 2. The van der Waals surface area contributed by atoms with E-state index >= 15 is 0 Å². The first-order chi connectivity index (χ1) is 8.41. The van der Waals surface area contributed by atoms with Crippen LogP contribution in [0.25, 0.3) is 0 Å². The maximum absolute atomic E-state index is 11.6. The summed E-state index contributed by atoms with van der Waals surface area (Å²) in [5, 5.41) is 8.46. The summed E-state index contributed by atoms with van der Waals surface area (Å²) in [6.45, 7) is 1.43. The van der Waals surface area contributed by atoms with Crippen LogP contribution in [-0.2, 0) is 14.8 Å². The summed E-state index contributed by atoms with van der Waals surface area (Å²) in [5.74, 6) is -1.08. The van der Waals surface area contributed by atoms with Crippen molar-refractivity contribution in [2.45, 2.75) is 38.1 Å². The number of carboxylic acids is 1. The van der Waals surface area contributed by atoms with Crippen molar-refractivity contribution in [1.82, 2.24) is 9.62 Å². The molecular formula is C11H22N2O4S. The Bertz CT molecular complexity index is 369. The predicted molar refractivity (Wildman–Crippen MR) is 68.9 cm³/mol. The van der Waals surface area contributed by atoms with E-state index in [1.165, 1.54) is 6.42 Å². The van der Waals surface area contributed by atoms with Gasteiger partial charge in [-0.1, -0.05) is 6.42 Å². The number of hydrogen-bond acceptors (Lipinski definition) is 4. The smallest absolute Gasteiger partial charge is 0.303 e. The third-order valence-corrected chi connectivity index (χ3v) is 4.70. The number of aliphatic carboxylic acids is 1. The van der Waals surface area contributed by atoms with Crippen LogP contribution in [-0.4, -0.2) is 56.3 Å². The second-order valence-electron chi connectivity index (χ2n) is 4.79. The van der Waals surface area contributed by atoms with Crippen molar-refractivity contribution in [3.63, 3.8) is 0 Å². The van der Waals surface area contributed by atoms with E-state index in [-0.39, 0.29) is 24.6 Å². The minimum atomic E-state index is -3.34. The van der Waals surface area contributed by atoms with Crippen LogP contribution in [0.4, 0.5) is 0 Å². The number of carboxylic acid groups (broad SMARTS) is 1. The molecule has 1 unspecified atom stereocenters. The normalized spacial score (nSPS) is 21.9.